The molecule has 6 fully saturated rings. The standard InChI is InChI=1S/C38H67NO25/c39-7-5-3-1-2-4-6-8-53-33-26(49)23(46)19(60-33)13-54-34-29(52)30(62-38-32(25(48)18(12-43)59-38)64-36-28(51)22(45)16(10-41)57-36)20(61-34)14-55-37-31(24(47)17(11-42)58-37)63-35-27(50)21(44)15(9-40)56-35/h15-38,40-52H,1-14,39H2/t15-,16-,17-,18-,19-,20-,21-,22-,23-,24-,25-,26+,27+,28+,29+,30-,31+,32+,33+,34+,35+,36+,37+,38-/m1/s1. The first-order valence-corrected chi connectivity index (χ1v) is 21.8. The molecule has 0 saturated carbocycles. The molecule has 26 nitrogen and oxygen atoms in total. The number of aliphatic hydroxyl groups is 13. The van der Waals surface area contributed by atoms with E-state index in [0.29, 0.717) is 13.0 Å². The van der Waals surface area contributed by atoms with E-state index in [2.05, 4.69) is 0 Å². The van der Waals surface area contributed by atoms with Crippen molar-refractivity contribution in [3.05, 3.63) is 0 Å². The molecule has 24 atom stereocenters. The fraction of sp³-hybridized carbons (Fsp3) is 1.00. The van der Waals surface area contributed by atoms with E-state index in [1.165, 1.54) is 0 Å². The van der Waals surface area contributed by atoms with Gasteiger partial charge in [-0.1, -0.05) is 25.7 Å². The molecule has 0 unspecified atom stereocenters. The van der Waals surface area contributed by atoms with Gasteiger partial charge >= 0.3 is 0 Å². The first kappa shape index (κ1) is 52.3. The second-order valence-electron chi connectivity index (χ2n) is 16.7. The second kappa shape index (κ2) is 24.5. The minimum atomic E-state index is -1.75. The maximum atomic E-state index is 11.7. The van der Waals surface area contributed by atoms with Crippen molar-refractivity contribution in [3.63, 3.8) is 0 Å². The maximum Gasteiger partial charge on any atom is 0.187 e. The topological polar surface area (TPSA) is 400 Å². The van der Waals surface area contributed by atoms with Gasteiger partial charge in [0, 0.05) is 6.61 Å². The molecule has 0 aromatic heterocycles. The largest absolute Gasteiger partial charge is 0.394 e. The number of unbranched alkanes of at least 4 members (excludes halogenated alkanes) is 5. The molecule has 6 saturated heterocycles. The zero-order chi connectivity index (χ0) is 46.2. The first-order chi connectivity index (χ1) is 30.8. The lowest BCUT2D eigenvalue weighted by Gasteiger charge is -2.30. The van der Waals surface area contributed by atoms with Crippen LogP contribution in [0.15, 0.2) is 0 Å². The van der Waals surface area contributed by atoms with E-state index in [9.17, 15) is 66.4 Å². The van der Waals surface area contributed by atoms with Crippen LogP contribution < -0.4 is 5.73 Å². The molecule has 0 radical (unpaired) electrons. The Morgan fingerprint density at radius 2 is 0.703 bits per heavy atom. The van der Waals surface area contributed by atoms with Crippen molar-refractivity contribution in [2.75, 3.05) is 52.8 Å². The van der Waals surface area contributed by atoms with Gasteiger partial charge in [-0.25, -0.2) is 0 Å². The van der Waals surface area contributed by atoms with Crippen LogP contribution in [0, 0.1) is 0 Å². The van der Waals surface area contributed by atoms with Gasteiger partial charge < -0.3 is 129 Å². The molecule has 6 heterocycles. The van der Waals surface area contributed by atoms with E-state index in [1.54, 1.807) is 0 Å². The Kier molecular flexibility index (Phi) is 20.0. The predicted octanol–water partition coefficient (Wildman–Crippen LogP) is -7.94. The van der Waals surface area contributed by atoms with Crippen molar-refractivity contribution in [1.82, 2.24) is 0 Å². The normalized spacial score (nSPS) is 47.2. The fourth-order valence-corrected chi connectivity index (χ4v) is 8.33. The average molecular weight is 938 g/mol. The highest BCUT2D eigenvalue weighted by Gasteiger charge is 2.56. The molecule has 0 aliphatic carbocycles. The zero-order valence-corrected chi connectivity index (χ0v) is 35.0. The van der Waals surface area contributed by atoms with Gasteiger partial charge in [-0.3, -0.25) is 0 Å². The Bertz CT molecular complexity index is 1360. The molecule has 26 heteroatoms. The lowest BCUT2D eigenvalue weighted by molar-refractivity contribution is -0.270. The van der Waals surface area contributed by atoms with E-state index in [4.69, 9.17) is 62.6 Å². The van der Waals surface area contributed by atoms with Crippen molar-refractivity contribution in [2.45, 2.75) is 186 Å². The average Bonchev–Trinajstić information content (AvgIpc) is 4.08. The van der Waals surface area contributed by atoms with Crippen LogP contribution in [0.3, 0.4) is 0 Å². The quantitative estimate of drug-likeness (QED) is 0.0378. The molecule has 6 rings (SSSR count). The summed E-state index contributed by atoms with van der Waals surface area (Å²) in [7, 11) is 0. The fourth-order valence-electron chi connectivity index (χ4n) is 8.33. The lowest BCUT2D eigenvalue weighted by atomic mass is 10.1. The van der Waals surface area contributed by atoms with Crippen molar-refractivity contribution < 1.29 is 123 Å². The number of nitrogens with two attached hydrogens (primary N) is 1. The minimum absolute atomic E-state index is 0.254. The molecule has 15 N–H and O–H groups in total. The molecular weight excluding hydrogens is 870 g/mol. The van der Waals surface area contributed by atoms with Gasteiger partial charge in [-0.2, -0.15) is 0 Å². The van der Waals surface area contributed by atoms with Gasteiger partial charge in [-0.15, -0.1) is 0 Å². The third-order valence-corrected chi connectivity index (χ3v) is 12.2. The summed E-state index contributed by atoms with van der Waals surface area (Å²) in [5.41, 5.74) is 5.54. The minimum Gasteiger partial charge on any atom is -0.394 e. The predicted molar refractivity (Wildman–Crippen MR) is 204 cm³/mol. The molecule has 6 aliphatic rings. The van der Waals surface area contributed by atoms with Crippen LogP contribution in [-0.4, -0.2) is 267 Å². The smallest absolute Gasteiger partial charge is 0.187 e. The maximum absolute atomic E-state index is 11.7. The molecule has 0 spiro atoms. The summed E-state index contributed by atoms with van der Waals surface area (Å²) in [5.74, 6) is 0. The molecule has 0 aromatic carbocycles. The van der Waals surface area contributed by atoms with E-state index >= 15 is 0 Å². The Morgan fingerprint density at radius 1 is 0.328 bits per heavy atom. The Labute approximate surface area is 367 Å². The van der Waals surface area contributed by atoms with Crippen molar-refractivity contribution in [3.8, 4) is 0 Å². The number of rotatable bonds is 25. The highest BCUT2D eigenvalue weighted by molar-refractivity contribution is 4.97. The molecule has 0 aromatic rings. The third-order valence-electron chi connectivity index (χ3n) is 12.2. The van der Waals surface area contributed by atoms with Gasteiger partial charge in [0.15, 0.2) is 37.7 Å². The summed E-state index contributed by atoms with van der Waals surface area (Å²) in [5, 5.41) is 136. The number of aliphatic hydroxyl groups excluding tert-OH is 13. The van der Waals surface area contributed by atoms with Crippen LogP contribution in [0.1, 0.15) is 38.5 Å². The number of hydrogen-bond acceptors (Lipinski definition) is 26. The number of ether oxygens (including phenoxy) is 12. The van der Waals surface area contributed by atoms with E-state index in [0.717, 1.165) is 32.1 Å². The van der Waals surface area contributed by atoms with Crippen LogP contribution in [0.4, 0.5) is 0 Å². The van der Waals surface area contributed by atoms with E-state index in [1.807, 2.05) is 0 Å². The Hall–Kier alpha value is -1.04. The zero-order valence-electron chi connectivity index (χ0n) is 35.0. The highest BCUT2D eigenvalue weighted by Crippen LogP contribution is 2.36. The Balaban J connectivity index is 1.13. The van der Waals surface area contributed by atoms with Gasteiger partial charge in [0.2, 0.25) is 0 Å². The summed E-state index contributed by atoms with van der Waals surface area (Å²) in [6.07, 6.45) is -30.2. The van der Waals surface area contributed by atoms with Crippen molar-refractivity contribution >= 4 is 0 Å². The summed E-state index contributed by atoms with van der Waals surface area (Å²) in [6.45, 7) is -2.97. The Morgan fingerprint density at radius 3 is 1.25 bits per heavy atom. The third kappa shape index (κ3) is 12.0. The summed E-state index contributed by atoms with van der Waals surface area (Å²) in [4.78, 5) is 0. The summed E-state index contributed by atoms with van der Waals surface area (Å²) in [6, 6.07) is 0. The SMILES string of the molecule is NCCCCCCCCO[C@H]1O[C@H](CO[C@H]2O[C@H](CO[C@H]3O[C@H](CO)[C@@H](O)[C@@H]3O[C@@H]3O[C@H](CO)[C@@H](O)[C@@H]3O)[C@@H](O[C@H]3O[C@H](CO)[C@@H](O)[C@@H]3O[C@@H]3O[C@H](CO)[C@@H](O)[C@@H]3O)[C@@H]2O)[C@@H](O)[C@@H]1O. The van der Waals surface area contributed by atoms with Gasteiger partial charge in [-0.05, 0) is 19.4 Å². The van der Waals surface area contributed by atoms with E-state index in [-0.39, 0.29) is 6.61 Å². The van der Waals surface area contributed by atoms with E-state index < -0.39 is 187 Å². The second-order valence-corrected chi connectivity index (χ2v) is 16.7. The molecule has 374 valence electrons. The van der Waals surface area contributed by atoms with Crippen molar-refractivity contribution in [2.24, 2.45) is 5.73 Å². The van der Waals surface area contributed by atoms with Gasteiger partial charge in [0.25, 0.3) is 0 Å². The number of hydrogen-bond donors (Lipinski definition) is 14. The molecule has 0 bridgehead atoms. The molecule has 64 heavy (non-hydrogen) atoms. The summed E-state index contributed by atoms with van der Waals surface area (Å²) < 4.78 is 69.1. The molecular formula is C38H67NO25. The van der Waals surface area contributed by atoms with Gasteiger partial charge in [0.1, 0.15) is 110 Å². The molecule has 0 amide bonds. The van der Waals surface area contributed by atoms with Crippen LogP contribution >= 0.6 is 0 Å². The van der Waals surface area contributed by atoms with Crippen molar-refractivity contribution in [1.29, 1.82) is 0 Å². The highest BCUT2D eigenvalue weighted by atomic mass is 16.8. The molecule has 6 aliphatic heterocycles. The van der Waals surface area contributed by atoms with Gasteiger partial charge in [0.05, 0.1) is 39.6 Å². The van der Waals surface area contributed by atoms with Crippen LogP contribution in [-0.2, 0) is 56.8 Å². The van der Waals surface area contributed by atoms with Crippen LogP contribution in [0.2, 0.25) is 0 Å². The summed E-state index contributed by atoms with van der Waals surface area (Å²) >= 11 is 0. The lowest BCUT2D eigenvalue weighted by Crippen LogP contribution is -2.48. The van der Waals surface area contributed by atoms with Crippen LogP contribution in [0.5, 0.6) is 0 Å². The first-order valence-electron chi connectivity index (χ1n) is 21.8. The van der Waals surface area contributed by atoms with Crippen LogP contribution in [0.25, 0.3) is 0 Å². The monoisotopic (exact) mass is 937 g/mol.